The summed E-state index contributed by atoms with van der Waals surface area (Å²) in [6.07, 6.45) is -1.58. The van der Waals surface area contributed by atoms with Crippen LogP contribution in [0.4, 0.5) is 23.2 Å². The molecule has 5 nitrogen and oxygen atoms in total. The Balaban J connectivity index is 1.18. The van der Waals surface area contributed by atoms with Gasteiger partial charge in [0.25, 0.3) is 0 Å². The zero-order valence-electron chi connectivity index (χ0n) is 18.3. The number of amides is 1. The molecule has 2 aromatic rings. The van der Waals surface area contributed by atoms with Crippen LogP contribution < -0.4 is 10.2 Å². The third kappa shape index (κ3) is 3.35. The first-order chi connectivity index (χ1) is 15.7. The lowest BCUT2D eigenvalue weighted by molar-refractivity contribution is -0.153. The number of hydrogen-bond donors (Lipinski definition) is 1. The van der Waals surface area contributed by atoms with Crippen LogP contribution in [0.3, 0.4) is 0 Å². The normalized spacial score (nSPS) is 30.6. The molecule has 1 amide bonds. The Morgan fingerprint density at radius 1 is 1.27 bits per heavy atom. The van der Waals surface area contributed by atoms with Gasteiger partial charge in [-0.2, -0.15) is 13.2 Å². The molecule has 2 bridgehead atoms. The van der Waals surface area contributed by atoms with Crippen molar-refractivity contribution in [1.29, 1.82) is 0 Å². The minimum absolute atomic E-state index is 0.0520. The van der Waals surface area contributed by atoms with Crippen molar-refractivity contribution in [2.24, 2.45) is 11.3 Å². The largest absolute Gasteiger partial charge is 0.419 e. The van der Waals surface area contributed by atoms with Gasteiger partial charge in [0.2, 0.25) is 5.91 Å². The summed E-state index contributed by atoms with van der Waals surface area (Å²) >= 11 is 1.43. The standard InChI is InChI=1S/C23H26F4N4OS/c1-2-13-6-15-19(16(23(25,26)27)7-28-20(15)33-13)30-8-22(9-30)10-31(11-22)21(32)18-14-4-3-12(29-18)5-17(14)24/h6-7,12,14,17-18,29H,2-5,8-11H2,1H3/t12-,14+,17-,18-/m0/s1. The number of carbonyl (C=O) groups excluding carboxylic acids is 1. The van der Waals surface area contributed by atoms with E-state index in [1.807, 2.05) is 13.0 Å². The van der Waals surface area contributed by atoms with Gasteiger partial charge in [0, 0.05) is 60.0 Å². The molecule has 178 valence electrons. The molecule has 5 fully saturated rings. The number of nitrogens with zero attached hydrogens (tertiary/aromatic N) is 3. The van der Waals surface area contributed by atoms with E-state index in [-0.39, 0.29) is 29.0 Å². The van der Waals surface area contributed by atoms with Crippen LogP contribution in [0.2, 0.25) is 0 Å². The summed E-state index contributed by atoms with van der Waals surface area (Å²) in [5, 5.41) is 3.87. The van der Waals surface area contributed by atoms with Crippen LogP contribution in [0.5, 0.6) is 0 Å². The highest BCUT2D eigenvalue weighted by Crippen LogP contribution is 2.49. The maximum absolute atomic E-state index is 14.3. The first-order valence-corrected chi connectivity index (χ1v) is 12.4. The summed E-state index contributed by atoms with van der Waals surface area (Å²) in [5.74, 6) is -0.313. The molecule has 0 radical (unpaired) electrons. The molecule has 4 saturated heterocycles. The molecule has 1 spiro atoms. The number of anilines is 1. The Kier molecular flexibility index (Phi) is 4.76. The number of aromatic nitrogens is 1. The lowest BCUT2D eigenvalue weighted by Crippen LogP contribution is -2.75. The van der Waals surface area contributed by atoms with Gasteiger partial charge in [-0.1, -0.05) is 6.92 Å². The number of hydrogen-bond acceptors (Lipinski definition) is 5. The number of carbonyl (C=O) groups is 1. The van der Waals surface area contributed by atoms with Gasteiger partial charge in [0.1, 0.15) is 11.0 Å². The number of nitrogens with one attached hydrogen (secondary N) is 1. The van der Waals surface area contributed by atoms with Gasteiger partial charge >= 0.3 is 6.18 Å². The molecule has 0 unspecified atom stereocenters. The number of halogens is 4. The van der Waals surface area contributed by atoms with E-state index >= 15 is 0 Å². The Morgan fingerprint density at radius 3 is 2.67 bits per heavy atom. The fraction of sp³-hybridized carbons (Fsp3) is 0.652. The molecule has 7 rings (SSSR count). The molecule has 2 aromatic heterocycles. The smallest absolute Gasteiger partial charge is 0.369 e. The fourth-order valence-electron chi connectivity index (χ4n) is 6.28. The molecule has 1 aliphatic carbocycles. The second kappa shape index (κ2) is 7.28. The lowest BCUT2D eigenvalue weighted by atomic mass is 9.70. The molecule has 1 saturated carbocycles. The maximum atomic E-state index is 14.3. The second-order valence-electron chi connectivity index (χ2n) is 10.2. The van der Waals surface area contributed by atoms with Crippen LogP contribution >= 0.6 is 11.3 Å². The predicted molar refractivity (Wildman–Crippen MR) is 118 cm³/mol. The molecule has 1 N–H and O–H groups in total. The van der Waals surface area contributed by atoms with Gasteiger partial charge in [-0.05, 0) is 31.7 Å². The predicted octanol–water partition coefficient (Wildman–Crippen LogP) is 4.00. The Labute approximate surface area is 193 Å². The third-order valence-electron chi connectivity index (χ3n) is 7.90. The SMILES string of the molecule is CCc1cc2c(N3CC4(CN(C(=O)[C@H]5N[C@H]6CC[C@@H]5[C@@H](F)C6)C4)C3)c(C(F)(F)F)cnc2s1. The zero-order chi connectivity index (χ0) is 23.1. The Bertz CT molecular complexity index is 1100. The van der Waals surface area contributed by atoms with Crippen LogP contribution in [0, 0.1) is 11.3 Å². The van der Waals surface area contributed by atoms with Crippen LogP contribution in [0.25, 0.3) is 10.2 Å². The molecule has 4 aliphatic heterocycles. The number of likely N-dealkylation sites (tertiary alicyclic amines) is 1. The fourth-order valence-corrected chi connectivity index (χ4v) is 7.22. The van der Waals surface area contributed by atoms with Crippen molar-refractivity contribution in [3.8, 4) is 0 Å². The number of rotatable bonds is 3. The molecule has 33 heavy (non-hydrogen) atoms. The summed E-state index contributed by atoms with van der Waals surface area (Å²) in [5.41, 5.74) is -0.667. The van der Waals surface area contributed by atoms with E-state index in [0.29, 0.717) is 42.8 Å². The highest BCUT2D eigenvalue weighted by molar-refractivity contribution is 7.18. The average molecular weight is 483 g/mol. The first kappa shape index (κ1) is 21.6. The molecule has 5 aliphatic rings. The first-order valence-electron chi connectivity index (χ1n) is 11.6. The zero-order valence-corrected chi connectivity index (χ0v) is 19.1. The third-order valence-corrected chi connectivity index (χ3v) is 9.09. The van der Waals surface area contributed by atoms with Crippen molar-refractivity contribution >= 4 is 33.1 Å². The summed E-state index contributed by atoms with van der Waals surface area (Å²) in [6.45, 7) is 3.98. The van der Waals surface area contributed by atoms with Crippen molar-refractivity contribution in [2.75, 3.05) is 31.1 Å². The van der Waals surface area contributed by atoms with Crippen LogP contribution in [0.15, 0.2) is 12.3 Å². The Morgan fingerprint density at radius 2 is 2.03 bits per heavy atom. The minimum Gasteiger partial charge on any atom is -0.369 e. The molecule has 10 heteroatoms. The van der Waals surface area contributed by atoms with Gasteiger partial charge in [-0.15, -0.1) is 11.3 Å². The van der Waals surface area contributed by atoms with Crippen molar-refractivity contribution < 1.29 is 22.4 Å². The monoisotopic (exact) mass is 482 g/mol. The van der Waals surface area contributed by atoms with Gasteiger partial charge in [-0.25, -0.2) is 9.37 Å². The highest BCUT2D eigenvalue weighted by Gasteiger charge is 2.57. The molecule has 4 atom stereocenters. The van der Waals surface area contributed by atoms with Gasteiger partial charge < -0.3 is 15.1 Å². The Hall–Kier alpha value is -1.94. The number of alkyl halides is 4. The van der Waals surface area contributed by atoms with Crippen molar-refractivity contribution in [3.63, 3.8) is 0 Å². The summed E-state index contributed by atoms with van der Waals surface area (Å²) in [4.78, 5) is 22.3. The van der Waals surface area contributed by atoms with E-state index in [0.717, 1.165) is 30.3 Å². The van der Waals surface area contributed by atoms with Crippen LogP contribution in [-0.2, 0) is 17.4 Å². The van der Waals surface area contributed by atoms with E-state index in [2.05, 4.69) is 10.3 Å². The van der Waals surface area contributed by atoms with E-state index in [1.54, 1.807) is 9.80 Å². The molecule has 6 heterocycles. The van der Waals surface area contributed by atoms with Crippen molar-refractivity contribution in [1.82, 2.24) is 15.2 Å². The average Bonchev–Trinajstić information content (AvgIpc) is 3.14. The second-order valence-corrected chi connectivity index (χ2v) is 11.3. The number of thiophene rings is 1. The number of pyridine rings is 1. The highest BCUT2D eigenvalue weighted by atomic mass is 32.1. The van der Waals surface area contributed by atoms with E-state index in [9.17, 15) is 22.4 Å². The molecular weight excluding hydrogens is 456 g/mol. The van der Waals surface area contributed by atoms with E-state index < -0.39 is 24.0 Å². The number of fused-ring (bicyclic) bond motifs is 4. The quantitative estimate of drug-likeness (QED) is 0.672. The van der Waals surface area contributed by atoms with Gasteiger partial charge in [0.15, 0.2) is 0 Å². The van der Waals surface area contributed by atoms with Crippen molar-refractivity contribution in [2.45, 2.75) is 57.0 Å². The topological polar surface area (TPSA) is 48.5 Å². The molecular formula is C23H26F4N4OS. The van der Waals surface area contributed by atoms with Gasteiger partial charge in [0.05, 0.1) is 17.3 Å². The number of piperidine rings is 2. The minimum atomic E-state index is -4.48. The summed E-state index contributed by atoms with van der Waals surface area (Å²) < 4.78 is 55.7. The van der Waals surface area contributed by atoms with E-state index in [1.165, 1.54) is 11.3 Å². The van der Waals surface area contributed by atoms with Crippen LogP contribution in [-0.4, -0.2) is 60.2 Å². The molecule has 0 aromatic carbocycles. The lowest BCUT2D eigenvalue weighted by Gasteiger charge is -2.62. The summed E-state index contributed by atoms with van der Waals surface area (Å²) in [6, 6.07) is 1.44. The van der Waals surface area contributed by atoms with Gasteiger partial charge in [-0.3, -0.25) is 4.79 Å². The van der Waals surface area contributed by atoms with E-state index in [4.69, 9.17) is 0 Å². The summed E-state index contributed by atoms with van der Waals surface area (Å²) in [7, 11) is 0. The van der Waals surface area contributed by atoms with Crippen molar-refractivity contribution in [3.05, 3.63) is 22.7 Å². The number of aryl methyl sites for hydroxylation is 1. The maximum Gasteiger partial charge on any atom is 0.419 e. The van der Waals surface area contributed by atoms with Crippen LogP contribution in [0.1, 0.15) is 36.6 Å².